The van der Waals surface area contributed by atoms with Crippen LogP contribution in [0.2, 0.25) is 0 Å². The van der Waals surface area contributed by atoms with Crippen molar-refractivity contribution >= 4 is 5.78 Å². The second-order valence-corrected chi connectivity index (χ2v) is 8.07. The summed E-state index contributed by atoms with van der Waals surface area (Å²) in [6, 6.07) is 4.75. The molecule has 0 N–H and O–H groups in total. The van der Waals surface area contributed by atoms with Crippen LogP contribution < -0.4 is 0 Å². The molecule has 0 saturated heterocycles. The fourth-order valence-electron chi connectivity index (χ4n) is 5.78. The maximum absolute atomic E-state index is 12.4. The van der Waals surface area contributed by atoms with E-state index < -0.39 is 0 Å². The third-order valence-electron chi connectivity index (χ3n) is 7.04. The van der Waals surface area contributed by atoms with Crippen LogP contribution in [0.4, 0.5) is 0 Å². The summed E-state index contributed by atoms with van der Waals surface area (Å²) in [5.74, 6) is 8.85. The standard InChI is InChI=1S/C22H26O/c1-4-5-15-13-19-16(12-14(15)2)6-7-18-17(19)10-11-22(3)20(18)8-9-21(22)23/h12-13,17-18,20H,6-11H2,1-3H3/t17?,18?,20?,22-/m0/s1. The number of hydrogen-bond donors (Lipinski definition) is 0. The summed E-state index contributed by atoms with van der Waals surface area (Å²) in [6.07, 6.45) is 6.65. The van der Waals surface area contributed by atoms with Crippen LogP contribution in [-0.2, 0) is 11.2 Å². The molecule has 3 aliphatic carbocycles. The molecule has 2 fully saturated rings. The minimum Gasteiger partial charge on any atom is -0.299 e. The first-order chi connectivity index (χ1) is 11.0. The molecule has 0 amide bonds. The summed E-state index contributed by atoms with van der Waals surface area (Å²) in [6.45, 7) is 6.35. The molecule has 0 radical (unpaired) electrons. The van der Waals surface area contributed by atoms with Gasteiger partial charge in [-0.1, -0.05) is 18.9 Å². The van der Waals surface area contributed by atoms with Crippen molar-refractivity contribution in [3.05, 3.63) is 34.4 Å². The second kappa shape index (κ2) is 5.23. The van der Waals surface area contributed by atoms with E-state index in [2.05, 4.69) is 37.8 Å². The van der Waals surface area contributed by atoms with E-state index in [-0.39, 0.29) is 5.41 Å². The molecule has 0 spiro atoms. The number of aryl methyl sites for hydroxylation is 2. The third-order valence-corrected chi connectivity index (χ3v) is 7.04. The molecule has 4 rings (SSSR count). The van der Waals surface area contributed by atoms with Gasteiger partial charge >= 0.3 is 0 Å². The molecule has 0 heterocycles. The lowest BCUT2D eigenvalue weighted by Gasteiger charge is -2.48. The second-order valence-electron chi connectivity index (χ2n) is 8.07. The third kappa shape index (κ3) is 2.11. The molecule has 2 saturated carbocycles. The molecular weight excluding hydrogens is 280 g/mol. The van der Waals surface area contributed by atoms with E-state index in [1.165, 1.54) is 30.4 Å². The van der Waals surface area contributed by atoms with Crippen molar-refractivity contribution in [1.29, 1.82) is 0 Å². The zero-order valence-corrected chi connectivity index (χ0v) is 14.5. The van der Waals surface area contributed by atoms with Crippen LogP contribution >= 0.6 is 0 Å². The highest BCUT2D eigenvalue weighted by molar-refractivity contribution is 5.87. The Balaban J connectivity index is 1.75. The van der Waals surface area contributed by atoms with E-state index in [9.17, 15) is 4.79 Å². The maximum atomic E-state index is 12.4. The lowest BCUT2D eigenvalue weighted by atomic mass is 9.55. The lowest BCUT2D eigenvalue weighted by molar-refractivity contribution is -0.129. The van der Waals surface area contributed by atoms with Gasteiger partial charge in [0.1, 0.15) is 5.78 Å². The first-order valence-electron chi connectivity index (χ1n) is 9.14. The van der Waals surface area contributed by atoms with Gasteiger partial charge in [-0.25, -0.2) is 0 Å². The van der Waals surface area contributed by atoms with Crippen LogP contribution in [-0.4, -0.2) is 5.78 Å². The van der Waals surface area contributed by atoms with Crippen LogP contribution in [0, 0.1) is 36.0 Å². The Bertz CT molecular complexity index is 732. The maximum Gasteiger partial charge on any atom is 0.139 e. The molecule has 3 aliphatic rings. The van der Waals surface area contributed by atoms with Crippen molar-refractivity contribution < 1.29 is 4.79 Å². The molecule has 0 aliphatic heterocycles. The van der Waals surface area contributed by atoms with Crippen molar-refractivity contribution in [2.45, 2.75) is 65.2 Å². The van der Waals surface area contributed by atoms with Gasteiger partial charge in [0.25, 0.3) is 0 Å². The summed E-state index contributed by atoms with van der Waals surface area (Å²) < 4.78 is 0. The number of hydrogen-bond acceptors (Lipinski definition) is 1. The number of Topliss-reactive ketones (excluding diaryl/α,β-unsaturated/α-hetero) is 1. The highest BCUT2D eigenvalue weighted by Gasteiger charge is 2.54. The van der Waals surface area contributed by atoms with Crippen LogP contribution in [0.15, 0.2) is 12.1 Å². The monoisotopic (exact) mass is 306 g/mol. The minimum absolute atomic E-state index is 0.0184. The van der Waals surface area contributed by atoms with Gasteiger partial charge in [-0.05, 0) is 86.5 Å². The summed E-state index contributed by atoms with van der Waals surface area (Å²) >= 11 is 0. The van der Waals surface area contributed by atoms with E-state index in [1.54, 1.807) is 11.1 Å². The summed E-state index contributed by atoms with van der Waals surface area (Å²) in [5.41, 5.74) is 5.58. The number of carbonyl (C=O) groups is 1. The Morgan fingerprint density at radius 3 is 2.78 bits per heavy atom. The number of ketones is 1. The summed E-state index contributed by atoms with van der Waals surface area (Å²) in [7, 11) is 0. The first kappa shape index (κ1) is 15.0. The Labute approximate surface area is 139 Å². The number of carbonyl (C=O) groups excluding carboxylic acids is 1. The first-order valence-corrected chi connectivity index (χ1v) is 9.14. The molecule has 0 bridgehead atoms. The Morgan fingerprint density at radius 2 is 2.00 bits per heavy atom. The fraction of sp³-hybridized carbons (Fsp3) is 0.591. The van der Waals surface area contributed by atoms with Crippen LogP contribution in [0.1, 0.15) is 74.1 Å². The van der Waals surface area contributed by atoms with Gasteiger partial charge in [-0.2, -0.15) is 0 Å². The zero-order valence-electron chi connectivity index (χ0n) is 14.5. The molecule has 1 heteroatoms. The molecule has 120 valence electrons. The number of fused-ring (bicyclic) bond motifs is 5. The molecule has 1 nitrogen and oxygen atoms in total. The summed E-state index contributed by atoms with van der Waals surface area (Å²) in [5, 5.41) is 0. The Hall–Kier alpha value is -1.55. The van der Waals surface area contributed by atoms with E-state index in [4.69, 9.17) is 0 Å². The van der Waals surface area contributed by atoms with Gasteiger partial charge in [-0.15, -0.1) is 5.92 Å². The lowest BCUT2D eigenvalue weighted by Crippen LogP contribution is -2.42. The van der Waals surface area contributed by atoms with Crippen molar-refractivity contribution in [2.24, 2.45) is 17.3 Å². The zero-order chi connectivity index (χ0) is 16.2. The molecule has 0 aromatic heterocycles. The van der Waals surface area contributed by atoms with Crippen molar-refractivity contribution in [3.63, 3.8) is 0 Å². The minimum atomic E-state index is -0.0184. The van der Waals surface area contributed by atoms with E-state index in [0.29, 0.717) is 23.5 Å². The average Bonchev–Trinajstić information content (AvgIpc) is 2.84. The van der Waals surface area contributed by atoms with Gasteiger partial charge in [-0.3, -0.25) is 4.79 Å². The Kier molecular flexibility index (Phi) is 3.41. The molecule has 23 heavy (non-hydrogen) atoms. The summed E-state index contributed by atoms with van der Waals surface area (Å²) in [4.78, 5) is 12.4. The highest BCUT2D eigenvalue weighted by Crippen LogP contribution is 2.59. The smallest absolute Gasteiger partial charge is 0.139 e. The molecular formula is C22H26O. The molecule has 1 aromatic carbocycles. The molecule has 4 atom stereocenters. The largest absolute Gasteiger partial charge is 0.299 e. The van der Waals surface area contributed by atoms with E-state index in [0.717, 1.165) is 19.3 Å². The van der Waals surface area contributed by atoms with Gasteiger partial charge in [0.2, 0.25) is 0 Å². The van der Waals surface area contributed by atoms with E-state index >= 15 is 0 Å². The topological polar surface area (TPSA) is 17.1 Å². The van der Waals surface area contributed by atoms with Crippen LogP contribution in [0.3, 0.4) is 0 Å². The van der Waals surface area contributed by atoms with Crippen molar-refractivity contribution in [2.75, 3.05) is 0 Å². The number of rotatable bonds is 0. The Morgan fingerprint density at radius 1 is 1.17 bits per heavy atom. The SMILES string of the molecule is CC#Cc1cc2c(cc1C)CCC1C2CC[C@]2(C)C(=O)CCC12. The average molecular weight is 306 g/mol. The fourth-order valence-corrected chi connectivity index (χ4v) is 5.78. The number of benzene rings is 1. The van der Waals surface area contributed by atoms with Gasteiger partial charge in [0.15, 0.2) is 0 Å². The van der Waals surface area contributed by atoms with Crippen molar-refractivity contribution in [1.82, 2.24) is 0 Å². The van der Waals surface area contributed by atoms with Gasteiger partial charge in [0, 0.05) is 17.4 Å². The van der Waals surface area contributed by atoms with E-state index in [1.807, 2.05) is 6.92 Å². The highest BCUT2D eigenvalue weighted by atomic mass is 16.1. The van der Waals surface area contributed by atoms with Gasteiger partial charge in [0.05, 0.1) is 0 Å². The predicted octanol–water partition coefficient (Wildman–Crippen LogP) is 4.79. The quantitative estimate of drug-likeness (QED) is 0.630. The molecule has 1 aromatic rings. The van der Waals surface area contributed by atoms with Crippen LogP contribution in [0.5, 0.6) is 0 Å². The van der Waals surface area contributed by atoms with Gasteiger partial charge < -0.3 is 0 Å². The normalized spacial score (nSPS) is 34.9. The van der Waals surface area contributed by atoms with Crippen LogP contribution in [0.25, 0.3) is 0 Å². The predicted molar refractivity (Wildman–Crippen MR) is 93.4 cm³/mol. The van der Waals surface area contributed by atoms with Crippen molar-refractivity contribution in [3.8, 4) is 11.8 Å². The molecule has 3 unspecified atom stereocenters.